The number of ether oxygens (including phenoxy) is 1. The third-order valence-electron chi connectivity index (χ3n) is 5.68. The predicted molar refractivity (Wildman–Crippen MR) is 121 cm³/mol. The van der Waals surface area contributed by atoms with E-state index >= 15 is 0 Å². The zero-order chi connectivity index (χ0) is 22.5. The second kappa shape index (κ2) is 9.55. The summed E-state index contributed by atoms with van der Waals surface area (Å²) in [6.45, 7) is 2.66. The van der Waals surface area contributed by atoms with Gasteiger partial charge in [0, 0.05) is 62.4 Å². The molecule has 1 aliphatic rings. The molecule has 166 valence electrons. The highest BCUT2D eigenvalue weighted by Crippen LogP contribution is 2.25. The smallest absolute Gasteiger partial charge is 0.269 e. The second-order valence-electron chi connectivity index (χ2n) is 7.64. The van der Waals surface area contributed by atoms with E-state index in [9.17, 15) is 14.9 Å². The van der Waals surface area contributed by atoms with Crippen LogP contribution < -0.4 is 9.64 Å². The quantitative estimate of drug-likeness (QED) is 0.409. The van der Waals surface area contributed by atoms with Crippen molar-refractivity contribution < 1.29 is 18.9 Å². The van der Waals surface area contributed by atoms with Crippen LogP contribution in [0.4, 0.5) is 11.4 Å². The second-order valence-corrected chi connectivity index (χ2v) is 7.64. The zero-order valence-electron chi connectivity index (χ0n) is 17.9. The summed E-state index contributed by atoms with van der Waals surface area (Å²) < 4.78 is 11.1. The Morgan fingerprint density at radius 3 is 2.31 bits per heavy atom. The minimum absolute atomic E-state index is 0.0793. The Kier molecular flexibility index (Phi) is 6.39. The van der Waals surface area contributed by atoms with Gasteiger partial charge in [-0.25, -0.2) is 0 Å². The van der Waals surface area contributed by atoms with Gasteiger partial charge in [0.15, 0.2) is 0 Å². The van der Waals surface area contributed by atoms with Crippen LogP contribution in [0.3, 0.4) is 0 Å². The number of piperazine rings is 1. The SMILES string of the molecule is COc1ccc(-c2ccc(CCC(=O)N3CCN(c4ccc([N+](=O)[O-])cc4)CC3)o2)cc1. The van der Waals surface area contributed by atoms with Gasteiger partial charge in [-0.3, -0.25) is 14.9 Å². The summed E-state index contributed by atoms with van der Waals surface area (Å²) in [4.78, 5) is 27.1. The molecule has 0 aliphatic carbocycles. The van der Waals surface area contributed by atoms with Gasteiger partial charge in [-0.15, -0.1) is 0 Å². The highest BCUT2D eigenvalue weighted by Gasteiger charge is 2.22. The number of nitro benzene ring substituents is 1. The summed E-state index contributed by atoms with van der Waals surface area (Å²) >= 11 is 0. The summed E-state index contributed by atoms with van der Waals surface area (Å²) in [7, 11) is 1.63. The molecule has 0 atom stereocenters. The van der Waals surface area contributed by atoms with E-state index in [1.54, 1.807) is 19.2 Å². The zero-order valence-corrected chi connectivity index (χ0v) is 17.9. The van der Waals surface area contributed by atoms with E-state index in [-0.39, 0.29) is 11.6 Å². The first kappa shape index (κ1) is 21.4. The van der Waals surface area contributed by atoms with E-state index in [1.807, 2.05) is 41.3 Å². The number of nitro groups is 1. The highest BCUT2D eigenvalue weighted by molar-refractivity contribution is 5.76. The number of benzene rings is 2. The molecule has 1 aliphatic heterocycles. The molecule has 1 aromatic heterocycles. The number of hydrogen-bond acceptors (Lipinski definition) is 6. The van der Waals surface area contributed by atoms with Crippen LogP contribution in [0.15, 0.2) is 65.1 Å². The number of furan rings is 1. The first-order chi connectivity index (χ1) is 15.5. The number of carbonyl (C=O) groups excluding carboxylic acids is 1. The van der Waals surface area contributed by atoms with Crippen molar-refractivity contribution >= 4 is 17.3 Å². The standard InChI is InChI=1S/C24H25N3O5/c1-31-21-8-2-18(3-9-21)23-12-10-22(32-23)11-13-24(28)26-16-14-25(15-17-26)19-4-6-20(7-5-19)27(29)30/h2-10,12H,11,13-17H2,1H3. The molecule has 0 N–H and O–H groups in total. The molecule has 0 spiro atoms. The Bertz CT molecular complexity index is 1070. The Hall–Kier alpha value is -3.81. The number of anilines is 1. The van der Waals surface area contributed by atoms with Crippen LogP contribution in [0.5, 0.6) is 5.75 Å². The molecule has 8 nitrogen and oxygen atoms in total. The van der Waals surface area contributed by atoms with Crippen LogP contribution in [0.2, 0.25) is 0 Å². The van der Waals surface area contributed by atoms with Crippen molar-refractivity contribution in [1.29, 1.82) is 0 Å². The average Bonchev–Trinajstić information content (AvgIpc) is 3.32. The molecule has 0 radical (unpaired) electrons. The number of methoxy groups -OCH3 is 1. The molecule has 2 aromatic carbocycles. The van der Waals surface area contributed by atoms with Gasteiger partial charge in [0.05, 0.1) is 12.0 Å². The predicted octanol–water partition coefficient (Wildman–Crippen LogP) is 4.14. The summed E-state index contributed by atoms with van der Waals surface area (Å²) in [5.41, 5.74) is 1.98. The minimum Gasteiger partial charge on any atom is -0.497 e. The number of nitrogens with zero attached hydrogens (tertiary/aromatic N) is 3. The third-order valence-corrected chi connectivity index (χ3v) is 5.68. The maximum atomic E-state index is 12.7. The van der Waals surface area contributed by atoms with Gasteiger partial charge < -0.3 is 19.0 Å². The fraction of sp³-hybridized carbons (Fsp3) is 0.292. The van der Waals surface area contributed by atoms with E-state index in [0.29, 0.717) is 39.0 Å². The molecular weight excluding hydrogens is 410 g/mol. The number of carbonyl (C=O) groups is 1. The fourth-order valence-electron chi connectivity index (χ4n) is 3.81. The topological polar surface area (TPSA) is 89.1 Å². The number of non-ortho nitro benzene ring substituents is 1. The summed E-state index contributed by atoms with van der Waals surface area (Å²) in [6, 6.07) is 18.0. The van der Waals surface area contributed by atoms with Gasteiger partial charge in [-0.05, 0) is 48.5 Å². The first-order valence-electron chi connectivity index (χ1n) is 10.5. The minimum atomic E-state index is -0.403. The molecule has 1 fully saturated rings. The maximum absolute atomic E-state index is 12.7. The summed E-state index contributed by atoms with van der Waals surface area (Å²) in [6.07, 6.45) is 0.949. The lowest BCUT2D eigenvalue weighted by atomic mass is 10.1. The van der Waals surface area contributed by atoms with E-state index < -0.39 is 4.92 Å². The maximum Gasteiger partial charge on any atom is 0.269 e. The van der Waals surface area contributed by atoms with Crippen LogP contribution in [0.1, 0.15) is 12.2 Å². The Labute approximate surface area is 186 Å². The molecule has 0 bridgehead atoms. The summed E-state index contributed by atoms with van der Waals surface area (Å²) in [5, 5.41) is 10.8. The van der Waals surface area contributed by atoms with E-state index in [0.717, 1.165) is 28.5 Å². The molecule has 4 rings (SSSR count). The van der Waals surface area contributed by atoms with Crippen LogP contribution in [0, 0.1) is 10.1 Å². The molecule has 0 unspecified atom stereocenters. The average molecular weight is 435 g/mol. The third kappa shape index (κ3) is 4.91. The van der Waals surface area contributed by atoms with Gasteiger partial charge in [0.25, 0.3) is 5.69 Å². The highest BCUT2D eigenvalue weighted by atomic mass is 16.6. The number of aryl methyl sites for hydroxylation is 1. The van der Waals surface area contributed by atoms with E-state index in [2.05, 4.69) is 4.90 Å². The van der Waals surface area contributed by atoms with Crippen molar-refractivity contribution in [2.45, 2.75) is 12.8 Å². The molecule has 2 heterocycles. The van der Waals surface area contributed by atoms with Crippen molar-refractivity contribution in [2.75, 3.05) is 38.2 Å². The van der Waals surface area contributed by atoms with Crippen molar-refractivity contribution in [3.63, 3.8) is 0 Å². The summed E-state index contributed by atoms with van der Waals surface area (Å²) in [5.74, 6) is 2.45. The monoisotopic (exact) mass is 435 g/mol. The van der Waals surface area contributed by atoms with E-state index in [4.69, 9.17) is 9.15 Å². The normalized spacial score (nSPS) is 13.8. The van der Waals surface area contributed by atoms with Gasteiger partial charge in [-0.2, -0.15) is 0 Å². The van der Waals surface area contributed by atoms with Crippen LogP contribution in [-0.4, -0.2) is 49.0 Å². The molecule has 1 amide bonds. The van der Waals surface area contributed by atoms with Crippen molar-refractivity contribution in [1.82, 2.24) is 4.90 Å². The Morgan fingerprint density at radius 1 is 1.00 bits per heavy atom. The van der Waals surface area contributed by atoms with Gasteiger partial charge in [0.1, 0.15) is 17.3 Å². The molecule has 8 heteroatoms. The number of rotatable bonds is 7. The van der Waals surface area contributed by atoms with Crippen molar-refractivity contribution in [3.05, 3.63) is 76.5 Å². The molecule has 3 aromatic rings. The molecule has 32 heavy (non-hydrogen) atoms. The lowest BCUT2D eigenvalue weighted by Crippen LogP contribution is -2.48. The van der Waals surface area contributed by atoms with Crippen molar-refractivity contribution in [2.24, 2.45) is 0 Å². The molecule has 0 saturated carbocycles. The number of amides is 1. The number of hydrogen-bond donors (Lipinski definition) is 0. The van der Waals surface area contributed by atoms with Crippen molar-refractivity contribution in [3.8, 4) is 17.1 Å². The largest absolute Gasteiger partial charge is 0.497 e. The van der Waals surface area contributed by atoms with Gasteiger partial charge in [0.2, 0.25) is 5.91 Å². The van der Waals surface area contributed by atoms with Gasteiger partial charge >= 0.3 is 0 Å². The molecule has 1 saturated heterocycles. The van der Waals surface area contributed by atoms with Crippen LogP contribution in [-0.2, 0) is 11.2 Å². The van der Waals surface area contributed by atoms with Crippen LogP contribution in [0.25, 0.3) is 11.3 Å². The van der Waals surface area contributed by atoms with Crippen LogP contribution >= 0.6 is 0 Å². The van der Waals surface area contributed by atoms with E-state index in [1.165, 1.54) is 12.1 Å². The fourth-order valence-corrected chi connectivity index (χ4v) is 3.81. The Morgan fingerprint density at radius 2 is 1.69 bits per heavy atom. The Balaban J connectivity index is 1.26. The first-order valence-corrected chi connectivity index (χ1v) is 10.5. The molecular formula is C24H25N3O5. The lowest BCUT2D eigenvalue weighted by molar-refractivity contribution is -0.384. The lowest BCUT2D eigenvalue weighted by Gasteiger charge is -2.36. The van der Waals surface area contributed by atoms with Gasteiger partial charge in [-0.1, -0.05) is 0 Å².